The summed E-state index contributed by atoms with van der Waals surface area (Å²) < 4.78 is 0. The van der Waals surface area contributed by atoms with Crippen LogP contribution in [0.25, 0.3) is 0 Å². The zero-order chi connectivity index (χ0) is 13.8. The minimum Gasteiger partial charge on any atom is -0.391 e. The predicted octanol–water partition coefficient (Wildman–Crippen LogP) is 3.27. The molecule has 0 aliphatic heterocycles. The number of aliphatic hydroxyl groups is 1. The predicted molar refractivity (Wildman–Crippen MR) is 76.8 cm³/mol. The Morgan fingerprint density at radius 3 is 2.68 bits per heavy atom. The lowest BCUT2D eigenvalue weighted by atomic mass is 10.0. The summed E-state index contributed by atoms with van der Waals surface area (Å²) >= 11 is 11.7. The van der Waals surface area contributed by atoms with Crippen molar-refractivity contribution in [3.63, 3.8) is 0 Å². The molecule has 1 aromatic rings. The standard InChI is InChI=1S/C14H17Cl2NO2/c15-10-5-6-11(12(16)7-10)14(19)17-8-13(18)9-3-1-2-4-9/h5-7,9,13,18H,1-4,8H2,(H,17,19). The Bertz CT molecular complexity index is 459. The number of hydrogen-bond donors (Lipinski definition) is 2. The van der Waals surface area contributed by atoms with Gasteiger partial charge in [0.15, 0.2) is 0 Å². The van der Waals surface area contributed by atoms with Crippen LogP contribution in [0.3, 0.4) is 0 Å². The summed E-state index contributed by atoms with van der Waals surface area (Å²) in [4.78, 5) is 11.9. The molecule has 19 heavy (non-hydrogen) atoms. The molecule has 1 fully saturated rings. The number of carbonyl (C=O) groups excluding carboxylic acids is 1. The van der Waals surface area contributed by atoms with Gasteiger partial charge in [0.1, 0.15) is 0 Å². The topological polar surface area (TPSA) is 49.3 Å². The molecule has 1 saturated carbocycles. The minimum absolute atomic E-state index is 0.266. The van der Waals surface area contributed by atoms with Gasteiger partial charge in [0.2, 0.25) is 0 Å². The molecule has 1 aliphatic carbocycles. The van der Waals surface area contributed by atoms with Crippen LogP contribution in [-0.2, 0) is 0 Å². The molecule has 2 rings (SSSR count). The van der Waals surface area contributed by atoms with Gasteiger partial charge in [-0.1, -0.05) is 36.0 Å². The van der Waals surface area contributed by atoms with Gasteiger partial charge in [-0.3, -0.25) is 4.79 Å². The third-order valence-corrected chi connectivity index (χ3v) is 4.14. The number of hydrogen-bond acceptors (Lipinski definition) is 2. The SMILES string of the molecule is O=C(NCC(O)C1CCCC1)c1ccc(Cl)cc1Cl. The van der Waals surface area contributed by atoms with E-state index < -0.39 is 6.10 Å². The molecular weight excluding hydrogens is 285 g/mol. The smallest absolute Gasteiger partial charge is 0.252 e. The molecule has 1 aliphatic rings. The fraction of sp³-hybridized carbons (Fsp3) is 0.500. The van der Waals surface area contributed by atoms with Crippen molar-refractivity contribution in [2.45, 2.75) is 31.8 Å². The maximum atomic E-state index is 11.9. The number of nitrogens with one attached hydrogen (secondary N) is 1. The van der Waals surface area contributed by atoms with Crippen molar-refractivity contribution in [1.29, 1.82) is 0 Å². The number of aliphatic hydroxyl groups excluding tert-OH is 1. The lowest BCUT2D eigenvalue weighted by Crippen LogP contribution is -2.35. The second kappa shape index (κ2) is 6.60. The molecule has 1 aromatic carbocycles. The Hall–Kier alpha value is -0.770. The molecule has 0 heterocycles. The maximum Gasteiger partial charge on any atom is 0.252 e. The third kappa shape index (κ3) is 3.85. The maximum absolute atomic E-state index is 11.9. The molecule has 104 valence electrons. The van der Waals surface area contributed by atoms with E-state index in [2.05, 4.69) is 5.32 Å². The second-order valence-electron chi connectivity index (χ2n) is 4.95. The third-order valence-electron chi connectivity index (χ3n) is 3.59. The van der Waals surface area contributed by atoms with Gasteiger partial charge in [-0.2, -0.15) is 0 Å². The van der Waals surface area contributed by atoms with Crippen LogP contribution >= 0.6 is 23.2 Å². The van der Waals surface area contributed by atoms with Crippen LogP contribution in [-0.4, -0.2) is 23.7 Å². The number of halogens is 2. The average Bonchev–Trinajstić information content (AvgIpc) is 2.89. The van der Waals surface area contributed by atoms with Crippen LogP contribution < -0.4 is 5.32 Å². The van der Waals surface area contributed by atoms with Crippen molar-refractivity contribution >= 4 is 29.1 Å². The summed E-state index contributed by atoms with van der Waals surface area (Å²) in [6, 6.07) is 4.74. The number of rotatable bonds is 4. The highest BCUT2D eigenvalue weighted by Crippen LogP contribution is 2.27. The Labute approximate surface area is 122 Å². The number of benzene rings is 1. The summed E-state index contributed by atoms with van der Waals surface area (Å²) in [6.45, 7) is 0.266. The van der Waals surface area contributed by atoms with Gasteiger partial charge < -0.3 is 10.4 Å². The monoisotopic (exact) mass is 301 g/mol. The highest BCUT2D eigenvalue weighted by molar-refractivity contribution is 6.36. The van der Waals surface area contributed by atoms with Crippen LogP contribution in [0.2, 0.25) is 10.0 Å². The Kier molecular flexibility index (Phi) is 5.08. The van der Waals surface area contributed by atoms with Crippen LogP contribution in [0.1, 0.15) is 36.0 Å². The normalized spacial score (nSPS) is 17.4. The zero-order valence-corrected chi connectivity index (χ0v) is 12.0. The molecule has 5 heteroatoms. The highest BCUT2D eigenvalue weighted by Gasteiger charge is 2.23. The summed E-state index contributed by atoms with van der Waals surface area (Å²) in [5.74, 6) is 0.0275. The van der Waals surface area contributed by atoms with Gasteiger partial charge in [0, 0.05) is 11.6 Å². The van der Waals surface area contributed by atoms with Gasteiger partial charge in [-0.25, -0.2) is 0 Å². The van der Waals surface area contributed by atoms with Crippen molar-refractivity contribution in [3.8, 4) is 0 Å². The summed E-state index contributed by atoms with van der Waals surface area (Å²) in [6.07, 6.45) is 3.94. The van der Waals surface area contributed by atoms with E-state index >= 15 is 0 Å². The fourth-order valence-electron chi connectivity index (χ4n) is 2.47. The van der Waals surface area contributed by atoms with E-state index in [-0.39, 0.29) is 12.5 Å². The molecule has 0 radical (unpaired) electrons. The first kappa shape index (κ1) is 14.6. The van der Waals surface area contributed by atoms with Gasteiger partial charge >= 0.3 is 0 Å². The van der Waals surface area contributed by atoms with Crippen molar-refractivity contribution in [3.05, 3.63) is 33.8 Å². The molecule has 1 unspecified atom stereocenters. The van der Waals surface area contributed by atoms with Crippen molar-refractivity contribution in [1.82, 2.24) is 5.32 Å². The lowest BCUT2D eigenvalue weighted by molar-refractivity contribution is 0.0841. The first-order chi connectivity index (χ1) is 9.08. The number of amides is 1. The minimum atomic E-state index is -0.475. The highest BCUT2D eigenvalue weighted by atomic mass is 35.5. The molecule has 1 amide bonds. The van der Waals surface area contributed by atoms with Crippen molar-refractivity contribution in [2.75, 3.05) is 6.54 Å². The van der Waals surface area contributed by atoms with Crippen LogP contribution in [0, 0.1) is 5.92 Å². The van der Waals surface area contributed by atoms with E-state index in [0.717, 1.165) is 12.8 Å². The summed E-state index contributed by atoms with van der Waals surface area (Å²) in [5.41, 5.74) is 0.379. The molecular formula is C14H17Cl2NO2. The van der Waals surface area contributed by atoms with Gasteiger partial charge in [-0.05, 0) is 37.0 Å². The van der Waals surface area contributed by atoms with Gasteiger partial charge in [0.05, 0.1) is 16.7 Å². The molecule has 1 atom stereocenters. The Morgan fingerprint density at radius 2 is 2.05 bits per heavy atom. The molecule has 0 aromatic heterocycles. The molecule has 3 nitrogen and oxygen atoms in total. The van der Waals surface area contributed by atoms with E-state index in [9.17, 15) is 9.90 Å². The summed E-state index contributed by atoms with van der Waals surface area (Å²) in [5, 5.41) is 13.5. The van der Waals surface area contributed by atoms with Crippen molar-refractivity contribution < 1.29 is 9.90 Å². The van der Waals surface area contributed by atoms with E-state index in [1.165, 1.54) is 18.9 Å². The first-order valence-corrected chi connectivity index (χ1v) is 7.25. The van der Waals surface area contributed by atoms with Crippen LogP contribution in [0.15, 0.2) is 18.2 Å². The largest absolute Gasteiger partial charge is 0.391 e. The zero-order valence-electron chi connectivity index (χ0n) is 10.5. The Morgan fingerprint density at radius 1 is 1.37 bits per heavy atom. The van der Waals surface area contributed by atoms with Crippen molar-refractivity contribution in [2.24, 2.45) is 5.92 Å². The summed E-state index contributed by atoms with van der Waals surface area (Å²) in [7, 11) is 0. The second-order valence-corrected chi connectivity index (χ2v) is 5.79. The molecule has 0 spiro atoms. The van der Waals surface area contributed by atoms with Gasteiger partial charge in [0.25, 0.3) is 5.91 Å². The average molecular weight is 302 g/mol. The van der Waals surface area contributed by atoms with Gasteiger partial charge in [-0.15, -0.1) is 0 Å². The van der Waals surface area contributed by atoms with Crippen LogP contribution in [0.5, 0.6) is 0 Å². The van der Waals surface area contributed by atoms with Crippen LogP contribution in [0.4, 0.5) is 0 Å². The van der Waals surface area contributed by atoms with E-state index in [4.69, 9.17) is 23.2 Å². The van der Waals surface area contributed by atoms with E-state index in [0.29, 0.717) is 21.5 Å². The Balaban J connectivity index is 1.90. The quantitative estimate of drug-likeness (QED) is 0.897. The first-order valence-electron chi connectivity index (χ1n) is 6.49. The molecule has 0 bridgehead atoms. The molecule has 0 saturated heterocycles. The van der Waals surface area contributed by atoms with E-state index in [1.54, 1.807) is 12.1 Å². The lowest BCUT2D eigenvalue weighted by Gasteiger charge is -2.18. The fourth-order valence-corrected chi connectivity index (χ4v) is 2.97. The number of carbonyl (C=O) groups is 1. The molecule has 2 N–H and O–H groups in total. The van der Waals surface area contributed by atoms with E-state index in [1.807, 2.05) is 0 Å².